The van der Waals surface area contributed by atoms with Gasteiger partial charge in [-0.1, -0.05) is 24.3 Å². The second-order valence-corrected chi connectivity index (χ2v) is 5.75. The van der Waals surface area contributed by atoms with Gasteiger partial charge in [0, 0.05) is 11.3 Å². The Balaban J connectivity index is 1.68. The SMILES string of the molecule is Cc1cc(C)cc(Nc2ccc(NC(=O)c3ccccc3)nc2)c1. The minimum absolute atomic E-state index is 0.168. The van der Waals surface area contributed by atoms with E-state index in [1.54, 1.807) is 24.4 Å². The van der Waals surface area contributed by atoms with Gasteiger partial charge in [-0.05, 0) is 61.4 Å². The highest BCUT2D eigenvalue weighted by molar-refractivity contribution is 6.03. The summed E-state index contributed by atoms with van der Waals surface area (Å²) in [4.78, 5) is 16.4. The fourth-order valence-electron chi connectivity index (χ4n) is 2.53. The number of carbonyl (C=O) groups excluding carboxylic acids is 1. The quantitative estimate of drug-likeness (QED) is 0.733. The molecule has 0 bridgehead atoms. The van der Waals surface area contributed by atoms with E-state index in [0.717, 1.165) is 11.4 Å². The molecule has 0 saturated carbocycles. The summed E-state index contributed by atoms with van der Waals surface area (Å²) in [6.45, 7) is 4.14. The summed E-state index contributed by atoms with van der Waals surface area (Å²) in [7, 11) is 0. The highest BCUT2D eigenvalue weighted by Gasteiger charge is 2.06. The van der Waals surface area contributed by atoms with Crippen molar-refractivity contribution < 1.29 is 4.79 Å². The van der Waals surface area contributed by atoms with Gasteiger partial charge in [0.05, 0.1) is 11.9 Å². The van der Waals surface area contributed by atoms with Crippen LogP contribution in [0, 0.1) is 13.8 Å². The summed E-state index contributed by atoms with van der Waals surface area (Å²) in [6, 6.07) is 19.1. The van der Waals surface area contributed by atoms with E-state index in [1.807, 2.05) is 24.3 Å². The number of hydrogen-bond acceptors (Lipinski definition) is 3. The Morgan fingerprint density at radius 2 is 1.58 bits per heavy atom. The maximum atomic E-state index is 12.1. The summed E-state index contributed by atoms with van der Waals surface area (Å²) in [5.74, 6) is 0.355. The molecular weight excluding hydrogens is 298 g/mol. The minimum Gasteiger partial charge on any atom is -0.354 e. The molecule has 4 heteroatoms. The average molecular weight is 317 g/mol. The van der Waals surface area contributed by atoms with Crippen molar-refractivity contribution in [3.05, 3.63) is 83.6 Å². The Morgan fingerprint density at radius 3 is 2.21 bits per heavy atom. The van der Waals surface area contributed by atoms with E-state index in [0.29, 0.717) is 11.4 Å². The smallest absolute Gasteiger partial charge is 0.256 e. The highest BCUT2D eigenvalue weighted by Crippen LogP contribution is 2.20. The number of rotatable bonds is 4. The molecule has 24 heavy (non-hydrogen) atoms. The first kappa shape index (κ1) is 15.7. The summed E-state index contributed by atoms with van der Waals surface area (Å²) >= 11 is 0. The van der Waals surface area contributed by atoms with Crippen LogP contribution in [0.3, 0.4) is 0 Å². The molecule has 0 aliphatic carbocycles. The molecule has 4 nitrogen and oxygen atoms in total. The predicted molar refractivity (Wildman–Crippen MR) is 97.8 cm³/mol. The van der Waals surface area contributed by atoms with Crippen LogP contribution < -0.4 is 10.6 Å². The van der Waals surface area contributed by atoms with E-state index in [1.165, 1.54) is 11.1 Å². The standard InChI is InChI=1S/C20H19N3O/c1-14-10-15(2)12-18(11-14)22-17-8-9-19(21-13-17)23-20(24)16-6-4-3-5-7-16/h3-13,22H,1-2H3,(H,21,23,24). The third kappa shape index (κ3) is 3.98. The van der Waals surface area contributed by atoms with Crippen LogP contribution in [0.1, 0.15) is 21.5 Å². The summed E-state index contributed by atoms with van der Waals surface area (Å²) in [6.07, 6.45) is 1.71. The van der Waals surface area contributed by atoms with Crippen molar-refractivity contribution in [1.29, 1.82) is 0 Å². The Hall–Kier alpha value is -3.14. The predicted octanol–water partition coefficient (Wildman–Crippen LogP) is 4.69. The normalized spacial score (nSPS) is 10.2. The van der Waals surface area contributed by atoms with Gasteiger partial charge in [-0.3, -0.25) is 4.79 Å². The molecule has 2 N–H and O–H groups in total. The molecule has 0 aliphatic heterocycles. The lowest BCUT2D eigenvalue weighted by atomic mass is 10.1. The number of hydrogen-bond donors (Lipinski definition) is 2. The van der Waals surface area contributed by atoms with Crippen LogP contribution in [-0.4, -0.2) is 10.9 Å². The molecule has 0 saturated heterocycles. The molecule has 0 radical (unpaired) electrons. The molecule has 1 heterocycles. The van der Waals surface area contributed by atoms with Gasteiger partial charge in [0.25, 0.3) is 5.91 Å². The van der Waals surface area contributed by atoms with Gasteiger partial charge in [0.15, 0.2) is 0 Å². The van der Waals surface area contributed by atoms with Gasteiger partial charge in [0.2, 0.25) is 0 Å². The molecule has 1 aromatic heterocycles. The molecule has 120 valence electrons. The minimum atomic E-state index is -0.168. The van der Waals surface area contributed by atoms with Crippen LogP contribution in [-0.2, 0) is 0 Å². The lowest BCUT2D eigenvalue weighted by Crippen LogP contribution is -2.12. The number of nitrogens with one attached hydrogen (secondary N) is 2. The van der Waals surface area contributed by atoms with Crippen molar-refractivity contribution in [3.8, 4) is 0 Å². The van der Waals surface area contributed by atoms with Gasteiger partial charge >= 0.3 is 0 Å². The number of aryl methyl sites for hydroxylation is 2. The van der Waals surface area contributed by atoms with E-state index in [9.17, 15) is 4.79 Å². The van der Waals surface area contributed by atoms with Crippen LogP contribution in [0.2, 0.25) is 0 Å². The van der Waals surface area contributed by atoms with Crippen molar-refractivity contribution in [3.63, 3.8) is 0 Å². The Kier molecular flexibility index (Phi) is 4.57. The van der Waals surface area contributed by atoms with Gasteiger partial charge < -0.3 is 10.6 Å². The molecule has 2 aromatic carbocycles. The van der Waals surface area contributed by atoms with Gasteiger partial charge in [-0.2, -0.15) is 0 Å². The van der Waals surface area contributed by atoms with Crippen LogP contribution >= 0.6 is 0 Å². The van der Waals surface area contributed by atoms with Crippen molar-refractivity contribution in [2.75, 3.05) is 10.6 Å². The van der Waals surface area contributed by atoms with Crippen molar-refractivity contribution in [2.45, 2.75) is 13.8 Å². The second-order valence-electron chi connectivity index (χ2n) is 5.75. The number of anilines is 3. The maximum absolute atomic E-state index is 12.1. The van der Waals surface area contributed by atoms with E-state index in [2.05, 4.69) is 47.7 Å². The topological polar surface area (TPSA) is 54.0 Å². The summed E-state index contributed by atoms with van der Waals surface area (Å²) in [5.41, 5.74) is 4.92. The highest BCUT2D eigenvalue weighted by atomic mass is 16.1. The number of benzene rings is 2. The lowest BCUT2D eigenvalue weighted by molar-refractivity contribution is 0.102. The second kappa shape index (κ2) is 6.96. The number of carbonyl (C=O) groups is 1. The first-order valence-corrected chi connectivity index (χ1v) is 7.78. The van der Waals surface area contributed by atoms with Crippen molar-refractivity contribution in [1.82, 2.24) is 4.98 Å². The molecule has 0 fully saturated rings. The fraction of sp³-hybridized carbons (Fsp3) is 0.100. The lowest BCUT2D eigenvalue weighted by Gasteiger charge is -2.09. The average Bonchev–Trinajstić information content (AvgIpc) is 2.56. The Morgan fingerprint density at radius 1 is 0.875 bits per heavy atom. The van der Waals surface area contributed by atoms with Crippen molar-refractivity contribution in [2.24, 2.45) is 0 Å². The van der Waals surface area contributed by atoms with Crippen LogP contribution in [0.4, 0.5) is 17.2 Å². The van der Waals surface area contributed by atoms with E-state index >= 15 is 0 Å². The first-order chi connectivity index (χ1) is 11.6. The first-order valence-electron chi connectivity index (χ1n) is 7.78. The van der Waals surface area contributed by atoms with Gasteiger partial charge in [-0.25, -0.2) is 4.98 Å². The number of amides is 1. The molecule has 0 atom stereocenters. The summed E-state index contributed by atoms with van der Waals surface area (Å²) in [5, 5.41) is 6.11. The molecule has 3 rings (SSSR count). The molecular formula is C20H19N3O. The molecule has 0 spiro atoms. The monoisotopic (exact) mass is 317 g/mol. The van der Waals surface area contributed by atoms with Crippen LogP contribution in [0.15, 0.2) is 66.9 Å². The fourth-order valence-corrected chi connectivity index (χ4v) is 2.53. The van der Waals surface area contributed by atoms with Crippen LogP contribution in [0.25, 0.3) is 0 Å². The van der Waals surface area contributed by atoms with Gasteiger partial charge in [-0.15, -0.1) is 0 Å². The number of pyridine rings is 1. The Bertz CT molecular complexity index is 822. The largest absolute Gasteiger partial charge is 0.354 e. The number of aromatic nitrogens is 1. The van der Waals surface area contributed by atoms with Crippen LogP contribution in [0.5, 0.6) is 0 Å². The van der Waals surface area contributed by atoms with E-state index in [-0.39, 0.29) is 5.91 Å². The molecule has 0 aliphatic rings. The van der Waals surface area contributed by atoms with Crippen molar-refractivity contribution >= 4 is 23.1 Å². The zero-order chi connectivity index (χ0) is 16.9. The zero-order valence-corrected chi connectivity index (χ0v) is 13.7. The van der Waals surface area contributed by atoms with E-state index < -0.39 is 0 Å². The molecule has 1 amide bonds. The third-order valence-electron chi connectivity index (χ3n) is 3.55. The summed E-state index contributed by atoms with van der Waals surface area (Å²) < 4.78 is 0. The number of nitrogens with zero attached hydrogens (tertiary/aromatic N) is 1. The van der Waals surface area contributed by atoms with E-state index in [4.69, 9.17) is 0 Å². The third-order valence-corrected chi connectivity index (χ3v) is 3.55. The maximum Gasteiger partial charge on any atom is 0.256 e. The molecule has 3 aromatic rings. The Labute approximate surface area is 141 Å². The van der Waals surface area contributed by atoms with Gasteiger partial charge in [0.1, 0.15) is 5.82 Å². The molecule has 0 unspecified atom stereocenters. The zero-order valence-electron chi connectivity index (χ0n) is 13.7.